The van der Waals surface area contributed by atoms with Crippen LogP contribution in [0.5, 0.6) is 0 Å². The minimum atomic E-state index is 0.0451. The molecule has 0 amide bonds. The number of hydrogen-bond acceptors (Lipinski definition) is 3. The van der Waals surface area contributed by atoms with Crippen LogP contribution < -0.4 is 10.2 Å². The van der Waals surface area contributed by atoms with Crippen LogP contribution in [-0.4, -0.2) is 33.1 Å². The molecule has 1 fully saturated rings. The van der Waals surface area contributed by atoms with Crippen molar-refractivity contribution in [3.8, 4) is 0 Å². The normalized spacial score (nSPS) is 19.6. The summed E-state index contributed by atoms with van der Waals surface area (Å²) in [6.07, 6.45) is 3.02. The zero-order chi connectivity index (χ0) is 18.9. The Morgan fingerprint density at radius 2 is 1.96 bits per heavy atom. The minimum Gasteiger partial charge on any atom is -0.381 e. The van der Waals surface area contributed by atoms with E-state index in [9.17, 15) is 0 Å². The molecule has 5 heteroatoms. The molecule has 0 aliphatic carbocycles. The molecule has 2 aliphatic rings. The van der Waals surface area contributed by atoms with Gasteiger partial charge in [0.15, 0.2) is 0 Å². The van der Waals surface area contributed by atoms with Gasteiger partial charge in [-0.25, -0.2) is 0 Å². The van der Waals surface area contributed by atoms with Crippen LogP contribution in [0.4, 0.5) is 11.4 Å². The molecule has 1 N–H and O–H groups in total. The Morgan fingerprint density at radius 3 is 2.70 bits per heavy atom. The van der Waals surface area contributed by atoms with Crippen LogP contribution in [0.25, 0.3) is 0 Å². The van der Waals surface area contributed by atoms with Gasteiger partial charge in [-0.3, -0.25) is 4.99 Å². The molecule has 0 atom stereocenters. The smallest absolute Gasteiger partial charge is 0.108 e. The van der Waals surface area contributed by atoms with Gasteiger partial charge in [0.2, 0.25) is 0 Å². The van der Waals surface area contributed by atoms with Gasteiger partial charge >= 0.3 is 0 Å². The van der Waals surface area contributed by atoms with Crippen molar-refractivity contribution in [2.45, 2.75) is 25.8 Å². The third-order valence-corrected chi connectivity index (χ3v) is 5.89. The third-order valence-electron chi connectivity index (χ3n) is 5.65. The van der Waals surface area contributed by atoms with Crippen molar-refractivity contribution < 1.29 is 4.74 Å². The van der Waals surface area contributed by atoms with E-state index in [4.69, 9.17) is 21.3 Å². The zero-order valence-electron chi connectivity index (χ0n) is 16.0. The molecule has 2 heterocycles. The Morgan fingerprint density at radius 1 is 1.15 bits per heavy atom. The Hall–Kier alpha value is -2.04. The lowest BCUT2D eigenvalue weighted by molar-refractivity contribution is 0.0449. The second-order valence-electron chi connectivity index (χ2n) is 7.73. The summed E-state index contributed by atoms with van der Waals surface area (Å²) in [5.74, 6) is 1.09. The molecule has 0 aromatic heterocycles. The largest absolute Gasteiger partial charge is 0.381 e. The van der Waals surface area contributed by atoms with Crippen LogP contribution in [0.3, 0.4) is 0 Å². The quantitative estimate of drug-likeness (QED) is 0.829. The fourth-order valence-corrected chi connectivity index (χ4v) is 4.22. The van der Waals surface area contributed by atoms with Gasteiger partial charge in [-0.1, -0.05) is 29.8 Å². The lowest BCUT2D eigenvalue weighted by atomic mass is 9.71. The summed E-state index contributed by atoms with van der Waals surface area (Å²) < 4.78 is 5.66. The average Bonchev–Trinajstić information content (AvgIpc) is 2.66. The molecule has 0 saturated carbocycles. The molecule has 4 nitrogen and oxygen atoms in total. The molecular weight excluding hydrogens is 358 g/mol. The Labute approximate surface area is 166 Å². The summed E-state index contributed by atoms with van der Waals surface area (Å²) in [6, 6.07) is 14.6. The molecule has 0 unspecified atom stereocenters. The molecule has 1 spiro atoms. The van der Waals surface area contributed by atoms with E-state index < -0.39 is 0 Å². The van der Waals surface area contributed by atoms with E-state index in [0.717, 1.165) is 48.9 Å². The number of aliphatic imine (C=N–C) groups is 1. The summed E-state index contributed by atoms with van der Waals surface area (Å²) >= 11 is 6.14. The van der Waals surface area contributed by atoms with Crippen LogP contribution in [0.15, 0.2) is 47.5 Å². The first-order chi connectivity index (χ1) is 13.1. The first kappa shape index (κ1) is 18.3. The number of benzene rings is 2. The first-order valence-electron chi connectivity index (χ1n) is 9.50. The van der Waals surface area contributed by atoms with Gasteiger partial charge in [0, 0.05) is 49.1 Å². The monoisotopic (exact) mass is 383 g/mol. The second kappa shape index (κ2) is 7.53. The fourth-order valence-electron chi connectivity index (χ4n) is 4.01. The maximum absolute atomic E-state index is 6.14. The van der Waals surface area contributed by atoms with E-state index in [2.05, 4.69) is 48.6 Å². The van der Waals surface area contributed by atoms with Gasteiger partial charge in [-0.2, -0.15) is 0 Å². The Balaban J connectivity index is 1.68. The molecule has 2 aliphatic heterocycles. The predicted molar refractivity (Wildman–Crippen MR) is 113 cm³/mol. The highest BCUT2D eigenvalue weighted by atomic mass is 35.5. The van der Waals surface area contributed by atoms with Gasteiger partial charge in [0.25, 0.3) is 0 Å². The summed E-state index contributed by atoms with van der Waals surface area (Å²) in [5.41, 5.74) is 4.90. The van der Waals surface area contributed by atoms with Crippen molar-refractivity contribution >= 4 is 28.8 Å². The summed E-state index contributed by atoms with van der Waals surface area (Å²) in [7, 11) is 4.14. The average molecular weight is 384 g/mol. The zero-order valence-corrected chi connectivity index (χ0v) is 16.7. The summed E-state index contributed by atoms with van der Waals surface area (Å²) in [5, 5.41) is 4.43. The van der Waals surface area contributed by atoms with Crippen LogP contribution in [0.1, 0.15) is 24.0 Å². The highest BCUT2D eigenvalue weighted by molar-refractivity contribution is 6.30. The standard InChI is InChI=1S/C22H26ClN3O/c1-26(2)19-7-6-17-14-22(8-10-27-11-9-22)21(25-20(17)13-19)24-15-16-4-3-5-18(23)12-16/h3-7,12-13H,8-11,14-15H2,1-2H3,(H,24,25). The number of nitrogens with one attached hydrogen (secondary N) is 1. The van der Waals surface area contributed by atoms with E-state index in [-0.39, 0.29) is 5.41 Å². The SMILES string of the molecule is CN(C)c1ccc2c(c1)NC(=NCc1cccc(Cl)c1)C1(CCOCC1)C2. The lowest BCUT2D eigenvalue weighted by Crippen LogP contribution is -2.45. The molecule has 4 rings (SSSR count). The number of fused-ring (bicyclic) bond motifs is 1. The number of rotatable bonds is 3. The number of amidine groups is 1. The van der Waals surface area contributed by atoms with Crippen molar-refractivity contribution in [1.82, 2.24) is 0 Å². The van der Waals surface area contributed by atoms with Gasteiger partial charge in [0.05, 0.1) is 6.54 Å². The van der Waals surface area contributed by atoms with E-state index in [1.807, 2.05) is 18.2 Å². The Bertz CT molecular complexity index is 856. The van der Waals surface area contributed by atoms with Gasteiger partial charge in [-0.05, 0) is 54.7 Å². The van der Waals surface area contributed by atoms with Crippen molar-refractivity contribution in [3.05, 3.63) is 58.6 Å². The summed E-state index contributed by atoms with van der Waals surface area (Å²) in [4.78, 5) is 7.15. The Kier molecular flexibility index (Phi) is 5.11. The van der Waals surface area contributed by atoms with E-state index in [0.29, 0.717) is 6.54 Å². The molecule has 1 saturated heterocycles. The van der Waals surface area contributed by atoms with Crippen LogP contribution in [0, 0.1) is 5.41 Å². The van der Waals surface area contributed by atoms with Gasteiger partial charge < -0.3 is 15.0 Å². The van der Waals surface area contributed by atoms with Crippen molar-refractivity contribution in [2.24, 2.45) is 10.4 Å². The van der Waals surface area contributed by atoms with Crippen LogP contribution >= 0.6 is 11.6 Å². The van der Waals surface area contributed by atoms with E-state index in [1.54, 1.807) is 0 Å². The number of anilines is 2. The van der Waals surface area contributed by atoms with Gasteiger partial charge in [-0.15, -0.1) is 0 Å². The number of nitrogens with zero attached hydrogens (tertiary/aromatic N) is 2. The van der Waals surface area contributed by atoms with Crippen molar-refractivity contribution in [2.75, 3.05) is 37.5 Å². The number of ether oxygens (including phenoxy) is 1. The van der Waals surface area contributed by atoms with E-state index in [1.165, 1.54) is 16.9 Å². The third kappa shape index (κ3) is 3.83. The van der Waals surface area contributed by atoms with Crippen LogP contribution in [0.2, 0.25) is 5.02 Å². The molecule has 27 heavy (non-hydrogen) atoms. The van der Waals surface area contributed by atoms with Crippen LogP contribution in [-0.2, 0) is 17.7 Å². The molecule has 0 radical (unpaired) electrons. The highest BCUT2D eigenvalue weighted by Crippen LogP contribution is 2.42. The first-order valence-corrected chi connectivity index (χ1v) is 9.88. The molecule has 0 bridgehead atoms. The number of halogens is 1. The topological polar surface area (TPSA) is 36.9 Å². The van der Waals surface area contributed by atoms with Crippen molar-refractivity contribution in [3.63, 3.8) is 0 Å². The lowest BCUT2D eigenvalue weighted by Gasteiger charge is -2.42. The molecule has 2 aromatic carbocycles. The highest BCUT2D eigenvalue weighted by Gasteiger charge is 2.41. The maximum atomic E-state index is 6.14. The molecule has 2 aromatic rings. The predicted octanol–water partition coefficient (Wildman–Crippen LogP) is 4.77. The number of hydrogen-bond donors (Lipinski definition) is 1. The molecular formula is C22H26ClN3O. The van der Waals surface area contributed by atoms with Gasteiger partial charge in [0.1, 0.15) is 5.84 Å². The summed E-state index contributed by atoms with van der Waals surface area (Å²) in [6.45, 7) is 2.22. The minimum absolute atomic E-state index is 0.0451. The van der Waals surface area contributed by atoms with Crippen molar-refractivity contribution in [1.29, 1.82) is 0 Å². The maximum Gasteiger partial charge on any atom is 0.108 e. The fraction of sp³-hybridized carbons (Fsp3) is 0.409. The van der Waals surface area contributed by atoms with E-state index >= 15 is 0 Å². The molecule has 142 valence electrons. The second-order valence-corrected chi connectivity index (χ2v) is 8.16.